The Morgan fingerprint density at radius 3 is 2.24 bits per heavy atom. The molecule has 3 amide bonds. The van der Waals surface area contributed by atoms with Gasteiger partial charge >= 0.3 is 12.0 Å². The van der Waals surface area contributed by atoms with Crippen LogP contribution in [0.5, 0.6) is 0 Å². The van der Waals surface area contributed by atoms with E-state index in [0.717, 1.165) is 0 Å². The second-order valence-corrected chi connectivity index (χ2v) is 5.93. The van der Waals surface area contributed by atoms with Crippen molar-refractivity contribution < 1.29 is 19.5 Å². The molecule has 0 radical (unpaired) electrons. The van der Waals surface area contributed by atoms with Crippen LogP contribution in [0.25, 0.3) is 0 Å². The molecule has 1 unspecified atom stereocenters. The van der Waals surface area contributed by atoms with E-state index in [2.05, 4.69) is 10.6 Å². The third-order valence-corrected chi connectivity index (χ3v) is 3.36. The Balaban J connectivity index is 4.28. The van der Waals surface area contributed by atoms with Gasteiger partial charge < -0.3 is 20.6 Å². The molecule has 0 aromatic heterocycles. The van der Waals surface area contributed by atoms with Crippen molar-refractivity contribution in [3.63, 3.8) is 0 Å². The maximum Gasteiger partial charge on any atom is 0.317 e. The maximum atomic E-state index is 11.8. The van der Waals surface area contributed by atoms with Crippen LogP contribution >= 0.6 is 0 Å². The highest BCUT2D eigenvalue weighted by molar-refractivity contribution is 5.84. The summed E-state index contributed by atoms with van der Waals surface area (Å²) in [5.74, 6) is -0.852. The Morgan fingerprint density at radius 2 is 1.81 bits per heavy atom. The minimum Gasteiger partial charge on any atom is -0.481 e. The Bertz CT molecular complexity index is 384. The molecule has 0 aromatic rings. The van der Waals surface area contributed by atoms with Crippen molar-refractivity contribution in [3.05, 3.63) is 0 Å². The molecule has 0 aliphatic carbocycles. The summed E-state index contributed by atoms with van der Waals surface area (Å²) in [5.41, 5.74) is -1.00. The molecule has 122 valence electrons. The van der Waals surface area contributed by atoms with Crippen molar-refractivity contribution in [2.75, 3.05) is 26.7 Å². The first kappa shape index (κ1) is 19.2. The van der Waals surface area contributed by atoms with E-state index < -0.39 is 17.4 Å². The lowest BCUT2D eigenvalue weighted by molar-refractivity contribution is -0.147. The zero-order chi connectivity index (χ0) is 16.6. The van der Waals surface area contributed by atoms with Gasteiger partial charge in [0.15, 0.2) is 0 Å². The highest BCUT2D eigenvalue weighted by Gasteiger charge is 2.31. The van der Waals surface area contributed by atoms with Gasteiger partial charge in [0, 0.05) is 20.1 Å². The number of nitrogens with zero attached hydrogens (tertiary/aromatic N) is 1. The Morgan fingerprint density at radius 1 is 1.24 bits per heavy atom. The Hall–Kier alpha value is -1.79. The van der Waals surface area contributed by atoms with Gasteiger partial charge in [-0.1, -0.05) is 20.8 Å². The largest absolute Gasteiger partial charge is 0.481 e. The molecule has 7 heteroatoms. The molecule has 0 aliphatic rings. The zero-order valence-electron chi connectivity index (χ0n) is 13.5. The molecule has 0 aromatic carbocycles. The molecular formula is C14H27N3O4. The second-order valence-electron chi connectivity index (χ2n) is 5.93. The number of rotatable bonds is 8. The third kappa shape index (κ3) is 6.97. The Labute approximate surface area is 126 Å². The lowest BCUT2D eigenvalue weighted by Gasteiger charge is -2.25. The quantitative estimate of drug-likeness (QED) is 0.620. The first-order valence-electron chi connectivity index (χ1n) is 7.11. The molecule has 0 saturated carbocycles. The third-order valence-electron chi connectivity index (χ3n) is 3.36. The standard InChI is InChI=1S/C14H27N3O4/c1-6-14(4,12(19)20)9-16-13(21)17(5)8-11(18)15-7-10(2)3/h10H,6-9H2,1-5H3,(H,15,18)(H,16,21)(H,19,20). The number of carbonyl (C=O) groups excluding carboxylic acids is 2. The van der Waals surface area contributed by atoms with Crippen molar-refractivity contribution in [1.82, 2.24) is 15.5 Å². The first-order chi connectivity index (χ1) is 9.62. The van der Waals surface area contributed by atoms with Crippen LogP contribution in [0, 0.1) is 11.3 Å². The van der Waals surface area contributed by atoms with Crippen molar-refractivity contribution >= 4 is 17.9 Å². The number of nitrogens with one attached hydrogen (secondary N) is 2. The molecule has 3 N–H and O–H groups in total. The number of likely N-dealkylation sites (N-methyl/N-ethyl adjacent to an activating group) is 1. The summed E-state index contributed by atoms with van der Waals surface area (Å²) in [5, 5.41) is 14.4. The number of amides is 3. The molecule has 0 rings (SSSR count). The summed E-state index contributed by atoms with van der Waals surface area (Å²) in [4.78, 5) is 35.8. The predicted octanol–water partition coefficient (Wildman–Crippen LogP) is 0.901. The maximum absolute atomic E-state index is 11.8. The monoisotopic (exact) mass is 301 g/mol. The zero-order valence-corrected chi connectivity index (χ0v) is 13.5. The average Bonchev–Trinajstić information content (AvgIpc) is 2.41. The van der Waals surface area contributed by atoms with Gasteiger partial charge in [0.1, 0.15) is 6.54 Å². The van der Waals surface area contributed by atoms with E-state index in [-0.39, 0.29) is 19.0 Å². The van der Waals surface area contributed by atoms with E-state index in [1.54, 1.807) is 13.8 Å². The fraction of sp³-hybridized carbons (Fsp3) is 0.786. The van der Waals surface area contributed by atoms with E-state index >= 15 is 0 Å². The van der Waals surface area contributed by atoms with Gasteiger partial charge in [0.25, 0.3) is 0 Å². The predicted molar refractivity (Wildman–Crippen MR) is 79.9 cm³/mol. The topological polar surface area (TPSA) is 98.7 Å². The van der Waals surface area contributed by atoms with Gasteiger partial charge in [-0.3, -0.25) is 9.59 Å². The van der Waals surface area contributed by atoms with E-state index in [0.29, 0.717) is 18.9 Å². The molecule has 21 heavy (non-hydrogen) atoms. The first-order valence-corrected chi connectivity index (χ1v) is 7.11. The van der Waals surface area contributed by atoms with Gasteiger partial charge in [0.05, 0.1) is 5.41 Å². The molecule has 7 nitrogen and oxygen atoms in total. The van der Waals surface area contributed by atoms with Crippen LogP contribution in [0.2, 0.25) is 0 Å². The summed E-state index contributed by atoms with van der Waals surface area (Å²) in [7, 11) is 1.49. The van der Waals surface area contributed by atoms with E-state index in [4.69, 9.17) is 5.11 Å². The number of hydrogen-bond acceptors (Lipinski definition) is 3. The summed E-state index contributed by atoms with van der Waals surface area (Å²) in [6.45, 7) is 7.81. The SMILES string of the molecule is CCC(C)(CNC(=O)N(C)CC(=O)NCC(C)C)C(=O)O. The molecule has 0 aliphatic heterocycles. The molecule has 1 atom stereocenters. The lowest BCUT2D eigenvalue weighted by Crippen LogP contribution is -2.47. The highest BCUT2D eigenvalue weighted by atomic mass is 16.4. The van der Waals surface area contributed by atoms with E-state index in [9.17, 15) is 14.4 Å². The number of hydrogen-bond donors (Lipinski definition) is 3. The number of carboxylic acid groups (broad SMARTS) is 1. The molecule has 0 spiro atoms. The van der Waals surface area contributed by atoms with E-state index in [1.807, 2.05) is 13.8 Å². The second kappa shape index (κ2) is 8.49. The van der Waals surface area contributed by atoms with Crippen molar-refractivity contribution in [2.24, 2.45) is 11.3 Å². The van der Waals surface area contributed by atoms with Crippen LogP contribution in [0.1, 0.15) is 34.1 Å². The minimum atomic E-state index is -1.00. The summed E-state index contributed by atoms with van der Waals surface area (Å²) in [6.07, 6.45) is 0.404. The van der Waals surface area contributed by atoms with Gasteiger partial charge in [-0.05, 0) is 19.3 Å². The van der Waals surface area contributed by atoms with Gasteiger partial charge in [-0.15, -0.1) is 0 Å². The van der Waals surface area contributed by atoms with Crippen molar-refractivity contribution in [1.29, 1.82) is 0 Å². The minimum absolute atomic E-state index is 0.0234. The summed E-state index contributed by atoms with van der Waals surface area (Å²) in [6, 6.07) is -0.462. The molecule has 0 fully saturated rings. The number of aliphatic carboxylic acids is 1. The van der Waals surface area contributed by atoms with Crippen LogP contribution in [0.4, 0.5) is 4.79 Å². The van der Waals surface area contributed by atoms with Crippen LogP contribution in [0.3, 0.4) is 0 Å². The lowest BCUT2D eigenvalue weighted by atomic mass is 9.88. The van der Waals surface area contributed by atoms with Crippen LogP contribution in [0.15, 0.2) is 0 Å². The Kier molecular flexibility index (Phi) is 7.76. The van der Waals surface area contributed by atoms with Gasteiger partial charge in [0.2, 0.25) is 5.91 Å². The summed E-state index contributed by atoms with van der Waals surface area (Å²) < 4.78 is 0. The average molecular weight is 301 g/mol. The fourth-order valence-corrected chi connectivity index (χ4v) is 1.42. The van der Waals surface area contributed by atoms with Crippen LogP contribution in [-0.4, -0.2) is 54.6 Å². The molecule has 0 heterocycles. The van der Waals surface area contributed by atoms with Gasteiger partial charge in [-0.2, -0.15) is 0 Å². The normalized spacial score (nSPS) is 13.4. The fourth-order valence-electron chi connectivity index (χ4n) is 1.42. The van der Waals surface area contributed by atoms with Gasteiger partial charge in [-0.25, -0.2) is 4.79 Å². The molecular weight excluding hydrogens is 274 g/mol. The van der Waals surface area contributed by atoms with Crippen LogP contribution < -0.4 is 10.6 Å². The number of carbonyl (C=O) groups is 3. The summed E-state index contributed by atoms with van der Waals surface area (Å²) >= 11 is 0. The highest BCUT2D eigenvalue weighted by Crippen LogP contribution is 2.19. The number of urea groups is 1. The number of carboxylic acids is 1. The molecule has 0 saturated heterocycles. The van der Waals surface area contributed by atoms with Crippen LogP contribution in [-0.2, 0) is 9.59 Å². The van der Waals surface area contributed by atoms with Crippen molar-refractivity contribution in [3.8, 4) is 0 Å². The van der Waals surface area contributed by atoms with Crippen molar-refractivity contribution in [2.45, 2.75) is 34.1 Å². The van der Waals surface area contributed by atoms with E-state index in [1.165, 1.54) is 11.9 Å². The molecule has 0 bridgehead atoms. The smallest absolute Gasteiger partial charge is 0.317 e.